The van der Waals surface area contributed by atoms with Gasteiger partial charge in [0.15, 0.2) is 11.5 Å². The maximum absolute atomic E-state index is 13.0. The van der Waals surface area contributed by atoms with Gasteiger partial charge in [0.25, 0.3) is 0 Å². The van der Waals surface area contributed by atoms with Gasteiger partial charge in [0.2, 0.25) is 0 Å². The molecule has 30 heavy (non-hydrogen) atoms. The number of ketones is 1. The minimum absolute atomic E-state index is 0.0397. The van der Waals surface area contributed by atoms with Crippen molar-refractivity contribution in [1.29, 1.82) is 0 Å². The van der Waals surface area contributed by atoms with Gasteiger partial charge in [-0.1, -0.05) is 23.3 Å². The third kappa shape index (κ3) is 6.24. The first-order chi connectivity index (χ1) is 13.8. The molecule has 0 bridgehead atoms. The van der Waals surface area contributed by atoms with Crippen LogP contribution < -0.4 is 0 Å². The molecule has 0 unspecified atom stereocenters. The molecular weight excluding hydrogens is 410 g/mol. The van der Waals surface area contributed by atoms with Crippen molar-refractivity contribution >= 4 is 16.8 Å². The molecule has 1 aromatic heterocycles. The van der Waals surface area contributed by atoms with Crippen molar-refractivity contribution in [3.05, 3.63) is 58.4 Å². The molecule has 0 fully saturated rings. The van der Waals surface area contributed by atoms with Crippen LogP contribution in [-0.4, -0.2) is 5.78 Å². The summed E-state index contributed by atoms with van der Waals surface area (Å²) >= 11 is 0. The van der Waals surface area contributed by atoms with Crippen LogP contribution >= 0.6 is 0 Å². The lowest BCUT2D eigenvalue weighted by molar-refractivity contribution is -0.161. The molecule has 1 heterocycles. The van der Waals surface area contributed by atoms with Crippen LogP contribution in [0, 0.1) is 0 Å². The Bertz CT molecular complexity index is 919. The maximum atomic E-state index is 13.0. The Hall–Kier alpha value is -2.51. The molecule has 8 heteroatoms. The highest BCUT2D eigenvalue weighted by molar-refractivity contribution is 5.97. The van der Waals surface area contributed by atoms with E-state index in [9.17, 15) is 31.1 Å². The summed E-state index contributed by atoms with van der Waals surface area (Å²) in [5.74, 6) is -0.741. The van der Waals surface area contributed by atoms with E-state index in [0.717, 1.165) is 24.5 Å². The minimum Gasteiger partial charge on any atom is -0.453 e. The summed E-state index contributed by atoms with van der Waals surface area (Å²) in [5.41, 5.74) is -1.75. The van der Waals surface area contributed by atoms with E-state index in [1.165, 1.54) is 5.57 Å². The number of furan rings is 1. The van der Waals surface area contributed by atoms with E-state index < -0.39 is 34.8 Å². The van der Waals surface area contributed by atoms with Crippen molar-refractivity contribution in [2.75, 3.05) is 0 Å². The van der Waals surface area contributed by atoms with Gasteiger partial charge in [-0.2, -0.15) is 26.3 Å². The first-order valence-corrected chi connectivity index (χ1v) is 9.33. The number of hydrogen-bond donors (Lipinski definition) is 0. The maximum Gasteiger partial charge on any atom is 0.417 e. The third-order valence-corrected chi connectivity index (χ3v) is 4.50. The van der Waals surface area contributed by atoms with Gasteiger partial charge in [-0.25, -0.2) is 0 Å². The lowest BCUT2D eigenvalue weighted by Gasteiger charge is -2.15. The van der Waals surface area contributed by atoms with Crippen molar-refractivity contribution < 1.29 is 35.6 Å². The summed E-state index contributed by atoms with van der Waals surface area (Å²) < 4.78 is 83.3. The van der Waals surface area contributed by atoms with Crippen LogP contribution in [0.1, 0.15) is 68.1 Å². The summed E-state index contributed by atoms with van der Waals surface area (Å²) in [7, 11) is 0. The highest BCUT2D eigenvalue weighted by Gasteiger charge is 2.43. The lowest BCUT2D eigenvalue weighted by Crippen LogP contribution is -2.16. The molecule has 1 aromatic carbocycles. The molecule has 2 nitrogen and oxygen atoms in total. The molecule has 0 aliphatic carbocycles. The number of fused-ring (bicyclic) bond motifs is 1. The molecule has 0 atom stereocenters. The third-order valence-electron chi connectivity index (χ3n) is 4.50. The van der Waals surface area contributed by atoms with Gasteiger partial charge in [0, 0.05) is 11.8 Å². The molecule has 0 N–H and O–H groups in total. The van der Waals surface area contributed by atoms with Crippen LogP contribution in [0.15, 0.2) is 45.9 Å². The zero-order chi connectivity index (χ0) is 22.7. The molecular formula is C22H22F6O2. The number of alkyl halides is 6. The summed E-state index contributed by atoms with van der Waals surface area (Å²) in [5, 5.41) is -0.202. The zero-order valence-electron chi connectivity index (χ0n) is 16.8. The summed E-state index contributed by atoms with van der Waals surface area (Å²) in [4.78, 5) is 12.3. The average molecular weight is 432 g/mol. The Balaban J connectivity index is 2.19. The number of carbonyl (C=O) groups is 1. The summed E-state index contributed by atoms with van der Waals surface area (Å²) in [6.45, 7) is 5.93. The molecule has 0 saturated heterocycles. The number of benzene rings is 1. The van der Waals surface area contributed by atoms with E-state index in [1.54, 1.807) is 0 Å². The number of Topliss-reactive ketones (excluding diaryl/α,β-unsaturated/α-hetero) is 1. The molecule has 164 valence electrons. The van der Waals surface area contributed by atoms with Gasteiger partial charge in [-0.3, -0.25) is 4.79 Å². The average Bonchev–Trinajstić information content (AvgIpc) is 3.02. The SMILES string of the molecule is CC(C)=CCC/C(C)=C/CCC(=O)c1cc2cc(C(F)(F)F)c(C(F)(F)F)cc2o1. The monoisotopic (exact) mass is 432 g/mol. The van der Waals surface area contributed by atoms with Crippen molar-refractivity contribution in [3.63, 3.8) is 0 Å². The van der Waals surface area contributed by atoms with Gasteiger partial charge < -0.3 is 4.42 Å². The van der Waals surface area contributed by atoms with E-state index in [1.807, 2.05) is 26.8 Å². The van der Waals surface area contributed by atoms with Crippen molar-refractivity contribution in [2.24, 2.45) is 0 Å². The number of carbonyl (C=O) groups excluding carboxylic acids is 1. The van der Waals surface area contributed by atoms with Crippen LogP contribution in [0.3, 0.4) is 0 Å². The highest BCUT2D eigenvalue weighted by atomic mass is 19.4. The lowest BCUT2D eigenvalue weighted by atomic mass is 10.0. The standard InChI is InChI=1S/C22H22F6O2/c1-13(2)6-4-7-14(3)8-5-9-18(29)20-11-15-10-16(21(23,24)25)17(22(26,27)28)12-19(15)30-20/h6,8,10-12H,4-5,7,9H2,1-3H3/b14-8+. The fourth-order valence-electron chi connectivity index (χ4n) is 2.96. The molecule has 0 spiro atoms. The first-order valence-electron chi connectivity index (χ1n) is 9.33. The van der Waals surface area contributed by atoms with Crippen molar-refractivity contribution in [3.8, 4) is 0 Å². The smallest absolute Gasteiger partial charge is 0.417 e. The van der Waals surface area contributed by atoms with Crippen LogP contribution in [0.4, 0.5) is 26.3 Å². The van der Waals surface area contributed by atoms with Crippen LogP contribution in [0.2, 0.25) is 0 Å². The predicted octanol–water partition coefficient (Wildman–Crippen LogP) is 8.13. The van der Waals surface area contributed by atoms with E-state index in [4.69, 9.17) is 4.42 Å². The number of halogens is 6. The van der Waals surface area contributed by atoms with E-state index in [0.29, 0.717) is 18.6 Å². The summed E-state index contributed by atoms with van der Waals surface area (Å²) in [6.07, 6.45) is -4.24. The molecule has 0 saturated carbocycles. The van der Waals surface area contributed by atoms with Crippen molar-refractivity contribution in [1.82, 2.24) is 0 Å². The Labute approximate surface area is 170 Å². The number of rotatable bonds is 7. The number of allylic oxidation sites excluding steroid dienone is 4. The van der Waals surface area contributed by atoms with Crippen LogP contribution in [0.5, 0.6) is 0 Å². The van der Waals surface area contributed by atoms with E-state index in [-0.39, 0.29) is 17.6 Å². The largest absolute Gasteiger partial charge is 0.453 e. The normalized spacial score (nSPS) is 13.0. The highest BCUT2D eigenvalue weighted by Crippen LogP contribution is 2.42. The number of hydrogen-bond acceptors (Lipinski definition) is 2. The van der Waals surface area contributed by atoms with Crippen LogP contribution in [0.25, 0.3) is 11.0 Å². The molecule has 0 aliphatic rings. The Kier molecular flexibility index (Phi) is 7.21. The van der Waals surface area contributed by atoms with Gasteiger partial charge in [-0.05, 0) is 58.2 Å². The second kappa shape index (κ2) is 9.10. The summed E-state index contributed by atoms with van der Waals surface area (Å²) in [6, 6.07) is 1.71. The Morgan fingerprint density at radius 1 is 0.867 bits per heavy atom. The zero-order valence-corrected chi connectivity index (χ0v) is 16.8. The Morgan fingerprint density at radius 3 is 2.00 bits per heavy atom. The van der Waals surface area contributed by atoms with Crippen LogP contribution in [-0.2, 0) is 12.4 Å². The Morgan fingerprint density at radius 2 is 1.43 bits per heavy atom. The second-order valence-electron chi connectivity index (χ2n) is 7.37. The van der Waals surface area contributed by atoms with Gasteiger partial charge in [-0.15, -0.1) is 0 Å². The minimum atomic E-state index is -5.20. The molecule has 2 aromatic rings. The predicted molar refractivity (Wildman–Crippen MR) is 102 cm³/mol. The quantitative estimate of drug-likeness (QED) is 0.251. The molecule has 0 aliphatic heterocycles. The van der Waals surface area contributed by atoms with E-state index in [2.05, 4.69) is 6.08 Å². The van der Waals surface area contributed by atoms with Gasteiger partial charge >= 0.3 is 12.4 Å². The fourth-order valence-corrected chi connectivity index (χ4v) is 2.96. The molecule has 0 amide bonds. The van der Waals surface area contributed by atoms with E-state index >= 15 is 0 Å². The topological polar surface area (TPSA) is 30.2 Å². The fraction of sp³-hybridized carbons (Fsp3) is 0.409. The van der Waals surface area contributed by atoms with Crippen molar-refractivity contribution in [2.45, 2.75) is 58.8 Å². The molecule has 0 radical (unpaired) electrons. The second-order valence-corrected chi connectivity index (χ2v) is 7.37. The van der Waals surface area contributed by atoms with Gasteiger partial charge in [0.1, 0.15) is 5.58 Å². The first kappa shape index (κ1) is 23.8. The molecule has 2 rings (SSSR count). The van der Waals surface area contributed by atoms with Gasteiger partial charge in [0.05, 0.1) is 11.1 Å².